The highest BCUT2D eigenvalue weighted by Gasteiger charge is 2.23. The molecule has 20 heavy (non-hydrogen) atoms. The largest absolute Gasteiger partial charge is 0.368 e. The molecule has 2 unspecified atom stereocenters. The lowest BCUT2D eigenvalue weighted by molar-refractivity contribution is 0.541. The number of nitrogens with zero attached hydrogens (tertiary/aromatic N) is 1. The Balaban J connectivity index is 2.34. The molecule has 0 aliphatic carbocycles. The van der Waals surface area contributed by atoms with Gasteiger partial charge in [0.25, 0.3) is 0 Å². The van der Waals surface area contributed by atoms with Crippen LogP contribution in [0.3, 0.4) is 0 Å². The molecule has 0 bridgehead atoms. The number of para-hydroxylation sites is 1. The van der Waals surface area contributed by atoms with Crippen LogP contribution >= 0.6 is 0 Å². The van der Waals surface area contributed by atoms with Crippen LogP contribution in [0.25, 0.3) is 0 Å². The van der Waals surface area contributed by atoms with Crippen LogP contribution in [0.1, 0.15) is 64.0 Å². The number of hydrogen-bond donors (Lipinski definition) is 1. The molecule has 2 nitrogen and oxygen atoms in total. The topological polar surface area (TPSA) is 15.3 Å². The van der Waals surface area contributed by atoms with E-state index in [4.69, 9.17) is 0 Å². The predicted octanol–water partition coefficient (Wildman–Crippen LogP) is 4.52. The summed E-state index contributed by atoms with van der Waals surface area (Å²) < 4.78 is 0. The van der Waals surface area contributed by atoms with Gasteiger partial charge in [0.2, 0.25) is 0 Å². The minimum Gasteiger partial charge on any atom is -0.368 e. The molecule has 2 heteroatoms. The molecule has 1 fully saturated rings. The molecule has 2 rings (SSSR count). The summed E-state index contributed by atoms with van der Waals surface area (Å²) in [6.07, 6.45) is 7.85. The van der Waals surface area contributed by atoms with Gasteiger partial charge in [0.15, 0.2) is 0 Å². The quantitative estimate of drug-likeness (QED) is 0.849. The smallest absolute Gasteiger partial charge is 0.0417 e. The zero-order valence-electron chi connectivity index (χ0n) is 13.4. The Morgan fingerprint density at radius 3 is 2.70 bits per heavy atom. The van der Waals surface area contributed by atoms with Crippen LogP contribution in [0.5, 0.6) is 0 Å². The number of hydrogen-bond acceptors (Lipinski definition) is 2. The molecular formula is C18H30N2. The van der Waals surface area contributed by atoms with E-state index in [0.29, 0.717) is 12.1 Å². The van der Waals surface area contributed by atoms with Crippen LogP contribution in [0.15, 0.2) is 24.3 Å². The van der Waals surface area contributed by atoms with Crippen LogP contribution < -0.4 is 10.2 Å². The van der Waals surface area contributed by atoms with E-state index >= 15 is 0 Å². The highest BCUT2D eigenvalue weighted by atomic mass is 15.2. The SMILES string of the molecule is CCC(NC)c1ccccc1N1CCCCCC1CC. The number of anilines is 1. The maximum absolute atomic E-state index is 3.47. The van der Waals surface area contributed by atoms with Crippen LogP contribution in [-0.2, 0) is 0 Å². The second-order valence-electron chi connectivity index (χ2n) is 5.91. The summed E-state index contributed by atoms with van der Waals surface area (Å²) >= 11 is 0. The van der Waals surface area contributed by atoms with Gasteiger partial charge in [-0.25, -0.2) is 0 Å². The van der Waals surface area contributed by atoms with Gasteiger partial charge in [-0.2, -0.15) is 0 Å². The van der Waals surface area contributed by atoms with Gasteiger partial charge >= 0.3 is 0 Å². The van der Waals surface area contributed by atoms with E-state index in [1.807, 2.05) is 0 Å². The van der Waals surface area contributed by atoms with Gasteiger partial charge < -0.3 is 10.2 Å². The first-order chi connectivity index (χ1) is 9.81. The molecule has 1 aliphatic rings. The van der Waals surface area contributed by atoms with Crippen LogP contribution in [0.4, 0.5) is 5.69 Å². The molecule has 112 valence electrons. The highest BCUT2D eigenvalue weighted by molar-refractivity contribution is 5.56. The van der Waals surface area contributed by atoms with E-state index in [9.17, 15) is 0 Å². The Hall–Kier alpha value is -1.02. The Labute approximate surface area is 124 Å². The average molecular weight is 274 g/mol. The summed E-state index contributed by atoms with van der Waals surface area (Å²) in [5.74, 6) is 0. The minimum atomic E-state index is 0.465. The van der Waals surface area contributed by atoms with Gasteiger partial charge in [-0.1, -0.05) is 44.9 Å². The molecule has 0 aromatic heterocycles. The average Bonchev–Trinajstić information content (AvgIpc) is 2.74. The van der Waals surface area contributed by atoms with Gasteiger partial charge in [-0.15, -0.1) is 0 Å². The molecule has 0 saturated carbocycles. The lowest BCUT2D eigenvalue weighted by Crippen LogP contribution is -2.35. The Morgan fingerprint density at radius 2 is 2.00 bits per heavy atom. The van der Waals surface area contributed by atoms with Crippen molar-refractivity contribution in [1.82, 2.24) is 5.32 Å². The summed E-state index contributed by atoms with van der Waals surface area (Å²) in [7, 11) is 2.07. The zero-order valence-corrected chi connectivity index (χ0v) is 13.4. The van der Waals surface area contributed by atoms with Gasteiger partial charge in [0.1, 0.15) is 0 Å². The van der Waals surface area contributed by atoms with Crippen molar-refractivity contribution in [2.45, 2.75) is 64.5 Å². The highest BCUT2D eigenvalue weighted by Crippen LogP contribution is 2.32. The second-order valence-corrected chi connectivity index (χ2v) is 5.91. The maximum Gasteiger partial charge on any atom is 0.0417 e. The molecule has 1 aliphatic heterocycles. The molecule has 1 saturated heterocycles. The maximum atomic E-state index is 3.47. The van der Waals surface area contributed by atoms with Gasteiger partial charge in [0, 0.05) is 24.3 Å². The van der Waals surface area contributed by atoms with Crippen molar-refractivity contribution in [1.29, 1.82) is 0 Å². The van der Waals surface area contributed by atoms with Crippen molar-refractivity contribution in [2.75, 3.05) is 18.5 Å². The molecule has 1 N–H and O–H groups in total. The van der Waals surface area contributed by atoms with E-state index in [1.54, 1.807) is 0 Å². The van der Waals surface area contributed by atoms with E-state index in [-0.39, 0.29) is 0 Å². The van der Waals surface area contributed by atoms with Crippen molar-refractivity contribution >= 4 is 5.69 Å². The van der Waals surface area contributed by atoms with Gasteiger partial charge in [-0.3, -0.25) is 0 Å². The van der Waals surface area contributed by atoms with Gasteiger partial charge in [-0.05, 0) is 44.4 Å². The summed E-state index contributed by atoms with van der Waals surface area (Å²) in [5.41, 5.74) is 2.93. The first-order valence-electron chi connectivity index (χ1n) is 8.34. The predicted molar refractivity (Wildman–Crippen MR) is 88.4 cm³/mol. The van der Waals surface area contributed by atoms with Crippen LogP contribution in [0.2, 0.25) is 0 Å². The monoisotopic (exact) mass is 274 g/mol. The minimum absolute atomic E-state index is 0.465. The Kier molecular flexibility index (Phi) is 5.90. The van der Waals surface area contributed by atoms with Crippen LogP contribution in [-0.4, -0.2) is 19.6 Å². The molecule has 0 radical (unpaired) electrons. The fourth-order valence-corrected chi connectivity index (χ4v) is 3.54. The Bertz CT molecular complexity index is 398. The van der Waals surface area contributed by atoms with E-state index < -0.39 is 0 Å². The van der Waals surface area contributed by atoms with E-state index in [1.165, 1.54) is 49.9 Å². The third-order valence-corrected chi connectivity index (χ3v) is 4.73. The van der Waals surface area contributed by atoms with Crippen LogP contribution in [0, 0.1) is 0 Å². The van der Waals surface area contributed by atoms with E-state index in [0.717, 1.165) is 6.42 Å². The Morgan fingerprint density at radius 1 is 1.20 bits per heavy atom. The van der Waals surface area contributed by atoms with Crippen molar-refractivity contribution in [3.05, 3.63) is 29.8 Å². The molecule has 1 heterocycles. The lowest BCUT2D eigenvalue weighted by atomic mass is 9.99. The molecule has 1 aromatic rings. The zero-order chi connectivity index (χ0) is 14.4. The van der Waals surface area contributed by atoms with Crippen molar-refractivity contribution in [3.63, 3.8) is 0 Å². The first-order valence-corrected chi connectivity index (χ1v) is 8.34. The first kappa shape index (κ1) is 15.4. The lowest BCUT2D eigenvalue weighted by Gasteiger charge is -2.34. The third kappa shape index (κ3) is 3.35. The molecular weight excluding hydrogens is 244 g/mol. The summed E-state index contributed by atoms with van der Waals surface area (Å²) in [4.78, 5) is 2.68. The second kappa shape index (κ2) is 7.68. The summed E-state index contributed by atoms with van der Waals surface area (Å²) in [6.45, 7) is 5.81. The third-order valence-electron chi connectivity index (χ3n) is 4.73. The number of rotatable bonds is 5. The number of benzene rings is 1. The van der Waals surface area contributed by atoms with Crippen molar-refractivity contribution < 1.29 is 0 Å². The fourth-order valence-electron chi connectivity index (χ4n) is 3.54. The molecule has 0 amide bonds. The normalized spacial score (nSPS) is 21.6. The summed E-state index contributed by atoms with van der Waals surface area (Å²) in [5, 5.41) is 3.47. The van der Waals surface area contributed by atoms with Crippen molar-refractivity contribution in [3.8, 4) is 0 Å². The molecule has 2 atom stereocenters. The standard InChI is InChI=1S/C18H30N2/c1-4-15-11-7-6-10-14-20(15)18-13-9-8-12-16(18)17(5-2)19-3/h8-9,12-13,15,17,19H,4-7,10-11,14H2,1-3H3. The van der Waals surface area contributed by atoms with Gasteiger partial charge in [0.05, 0.1) is 0 Å². The molecule has 0 spiro atoms. The fraction of sp³-hybridized carbons (Fsp3) is 0.667. The molecule has 1 aromatic carbocycles. The van der Waals surface area contributed by atoms with E-state index in [2.05, 4.69) is 55.4 Å². The van der Waals surface area contributed by atoms with Crippen molar-refractivity contribution in [2.24, 2.45) is 0 Å². The number of nitrogens with one attached hydrogen (secondary N) is 1. The summed E-state index contributed by atoms with van der Waals surface area (Å²) in [6, 6.07) is 10.2.